The van der Waals surface area contributed by atoms with Crippen molar-refractivity contribution in [1.82, 2.24) is 9.88 Å². The largest absolute Gasteiger partial charge is 0.497 e. The average molecular weight is 312 g/mol. The molecular formula is C19H24N2O2. The Hall–Kier alpha value is -2.07. The number of hydrogen-bond donors (Lipinski definition) is 0. The van der Waals surface area contributed by atoms with Crippen LogP contribution in [0.4, 0.5) is 0 Å². The number of rotatable bonds is 6. The van der Waals surface area contributed by atoms with E-state index in [1.165, 1.54) is 17.7 Å². The SMILES string of the molecule is COc1cc(OC)cc([C@@H]2CCN(CCc3ccccn3)C2)c1. The van der Waals surface area contributed by atoms with Gasteiger partial charge >= 0.3 is 0 Å². The number of methoxy groups -OCH3 is 2. The van der Waals surface area contributed by atoms with Crippen LogP contribution in [0.25, 0.3) is 0 Å². The number of hydrogen-bond acceptors (Lipinski definition) is 4. The van der Waals surface area contributed by atoms with E-state index in [-0.39, 0.29) is 0 Å². The van der Waals surface area contributed by atoms with Gasteiger partial charge in [0.1, 0.15) is 11.5 Å². The van der Waals surface area contributed by atoms with E-state index in [2.05, 4.69) is 34.1 Å². The molecule has 4 heteroatoms. The number of likely N-dealkylation sites (tertiary alicyclic amines) is 1. The molecule has 1 atom stereocenters. The van der Waals surface area contributed by atoms with E-state index in [0.29, 0.717) is 5.92 Å². The summed E-state index contributed by atoms with van der Waals surface area (Å²) in [6, 6.07) is 12.3. The molecule has 1 fully saturated rings. The predicted octanol–water partition coefficient (Wildman–Crippen LogP) is 3.13. The number of ether oxygens (including phenoxy) is 2. The summed E-state index contributed by atoms with van der Waals surface area (Å²) >= 11 is 0. The van der Waals surface area contributed by atoms with Crippen LogP contribution in [0.1, 0.15) is 23.6 Å². The second-order valence-electron chi connectivity index (χ2n) is 6.00. The summed E-state index contributed by atoms with van der Waals surface area (Å²) in [4.78, 5) is 6.92. The van der Waals surface area contributed by atoms with Crippen molar-refractivity contribution < 1.29 is 9.47 Å². The first-order chi connectivity index (χ1) is 11.3. The molecule has 23 heavy (non-hydrogen) atoms. The third-order valence-electron chi connectivity index (χ3n) is 4.53. The smallest absolute Gasteiger partial charge is 0.122 e. The topological polar surface area (TPSA) is 34.6 Å². The first-order valence-corrected chi connectivity index (χ1v) is 8.13. The molecule has 0 radical (unpaired) electrons. The molecule has 122 valence electrons. The summed E-state index contributed by atoms with van der Waals surface area (Å²) in [5.74, 6) is 2.28. The van der Waals surface area contributed by atoms with Crippen LogP contribution < -0.4 is 9.47 Å². The highest BCUT2D eigenvalue weighted by molar-refractivity contribution is 5.40. The van der Waals surface area contributed by atoms with E-state index in [4.69, 9.17) is 9.47 Å². The fourth-order valence-electron chi connectivity index (χ4n) is 3.19. The Kier molecular flexibility index (Phi) is 5.13. The van der Waals surface area contributed by atoms with Gasteiger partial charge in [0.25, 0.3) is 0 Å². The molecule has 1 saturated heterocycles. The van der Waals surface area contributed by atoms with Crippen molar-refractivity contribution in [2.75, 3.05) is 33.9 Å². The molecule has 2 heterocycles. The summed E-state index contributed by atoms with van der Waals surface area (Å²) in [6.07, 6.45) is 4.05. The molecule has 0 N–H and O–H groups in total. The quantitative estimate of drug-likeness (QED) is 0.821. The number of nitrogens with zero attached hydrogens (tertiary/aromatic N) is 2. The first-order valence-electron chi connectivity index (χ1n) is 8.13. The van der Waals surface area contributed by atoms with Crippen LogP contribution in [0.2, 0.25) is 0 Å². The summed E-state index contributed by atoms with van der Waals surface area (Å²) in [6.45, 7) is 3.29. The summed E-state index contributed by atoms with van der Waals surface area (Å²) in [7, 11) is 3.40. The maximum absolute atomic E-state index is 5.39. The molecule has 1 aromatic heterocycles. The van der Waals surface area contributed by atoms with Crippen molar-refractivity contribution in [2.24, 2.45) is 0 Å². The zero-order valence-corrected chi connectivity index (χ0v) is 13.9. The maximum Gasteiger partial charge on any atom is 0.122 e. The molecule has 4 nitrogen and oxygen atoms in total. The molecular weight excluding hydrogens is 288 g/mol. The third kappa shape index (κ3) is 4.02. The van der Waals surface area contributed by atoms with Gasteiger partial charge in [-0.1, -0.05) is 6.07 Å². The van der Waals surface area contributed by atoms with E-state index < -0.39 is 0 Å². The zero-order chi connectivity index (χ0) is 16.1. The maximum atomic E-state index is 5.39. The van der Waals surface area contributed by atoms with Crippen LogP contribution in [-0.2, 0) is 6.42 Å². The van der Waals surface area contributed by atoms with Crippen molar-refractivity contribution in [2.45, 2.75) is 18.8 Å². The Bertz CT molecular complexity index is 608. The van der Waals surface area contributed by atoms with Gasteiger partial charge in [-0.2, -0.15) is 0 Å². The van der Waals surface area contributed by atoms with E-state index in [9.17, 15) is 0 Å². The monoisotopic (exact) mass is 312 g/mol. The highest BCUT2D eigenvalue weighted by Crippen LogP contribution is 2.32. The van der Waals surface area contributed by atoms with Gasteiger partial charge < -0.3 is 14.4 Å². The van der Waals surface area contributed by atoms with Crippen LogP contribution in [0, 0.1) is 0 Å². The molecule has 1 aromatic carbocycles. The van der Waals surface area contributed by atoms with Gasteiger partial charge in [0.05, 0.1) is 14.2 Å². The minimum atomic E-state index is 0.544. The van der Waals surface area contributed by atoms with E-state index in [1.807, 2.05) is 18.3 Å². The third-order valence-corrected chi connectivity index (χ3v) is 4.53. The van der Waals surface area contributed by atoms with Crippen molar-refractivity contribution in [3.63, 3.8) is 0 Å². The van der Waals surface area contributed by atoms with Gasteiger partial charge in [0.15, 0.2) is 0 Å². The minimum absolute atomic E-state index is 0.544. The normalized spacial score (nSPS) is 18.1. The first kappa shape index (κ1) is 15.8. The van der Waals surface area contributed by atoms with Crippen LogP contribution in [0.5, 0.6) is 11.5 Å². The Labute approximate surface area is 138 Å². The Morgan fingerprint density at radius 1 is 1.13 bits per heavy atom. The lowest BCUT2D eigenvalue weighted by Gasteiger charge is -2.17. The van der Waals surface area contributed by atoms with Crippen LogP contribution >= 0.6 is 0 Å². The Morgan fingerprint density at radius 2 is 1.91 bits per heavy atom. The van der Waals surface area contributed by atoms with E-state index in [1.54, 1.807) is 14.2 Å². The fourth-order valence-corrected chi connectivity index (χ4v) is 3.19. The number of aromatic nitrogens is 1. The summed E-state index contributed by atoms with van der Waals surface area (Å²) in [5, 5.41) is 0. The van der Waals surface area contributed by atoms with Gasteiger partial charge in [0, 0.05) is 37.5 Å². The van der Waals surface area contributed by atoms with Gasteiger partial charge in [-0.15, -0.1) is 0 Å². The van der Waals surface area contributed by atoms with Crippen molar-refractivity contribution >= 4 is 0 Å². The van der Waals surface area contributed by atoms with Crippen molar-refractivity contribution in [3.05, 3.63) is 53.9 Å². The lowest BCUT2D eigenvalue weighted by molar-refractivity contribution is 0.337. The van der Waals surface area contributed by atoms with Crippen LogP contribution in [-0.4, -0.2) is 43.7 Å². The molecule has 0 aliphatic carbocycles. The van der Waals surface area contributed by atoms with Gasteiger partial charge in [0.2, 0.25) is 0 Å². The van der Waals surface area contributed by atoms with E-state index >= 15 is 0 Å². The molecule has 2 aromatic rings. The number of benzene rings is 1. The van der Waals surface area contributed by atoms with Crippen LogP contribution in [0.15, 0.2) is 42.6 Å². The number of pyridine rings is 1. The lowest BCUT2D eigenvalue weighted by Crippen LogP contribution is -2.23. The van der Waals surface area contributed by atoms with E-state index in [0.717, 1.165) is 37.6 Å². The van der Waals surface area contributed by atoms with Gasteiger partial charge in [-0.05, 0) is 48.7 Å². The standard InChI is InChI=1S/C19H24N2O2/c1-22-18-11-16(12-19(13-18)23-2)15-6-9-21(14-15)10-7-17-5-3-4-8-20-17/h3-5,8,11-13,15H,6-7,9-10,14H2,1-2H3/t15-/m1/s1. The summed E-state index contributed by atoms with van der Waals surface area (Å²) < 4.78 is 10.8. The second-order valence-corrected chi connectivity index (χ2v) is 6.00. The van der Waals surface area contributed by atoms with Crippen molar-refractivity contribution in [3.8, 4) is 11.5 Å². The highest BCUT2D eigenvalue weighted by atomic mass is 16.5. The van der Waals surface area contributed by atoms with Gasteiger partial charge in [-0.3, -0.25) is 4.98 Å². The molecule has 1 aliphatic rings. The molecule has 1 aliphatic heterocycles. The fraction of sp³-hybridized carbons (Fsp3) is 0.421. The lowest BCUT2D eigenvalue weighted by atomic mass is 9.98. The zero-order valence-electron chi connectivity index (χ0n) is 13.9. The molecule has 0 unspecified atom stereocenters. The highest BCUT2D eigenvalue weighted by Gasteiger charge is 2.24. The molecule has 0 spiro atoms. The Morgan fingerprint density at radius 3 is 2.57 bits per heavy atom. The van der Waals surface area contributed by atoms with Crippen molar-refractivity contribution in [1.29, 1.82) is 0 Å². The molecule has 3 rings (SSSR count). The second kappa shape index (κ2) is 7.47. The summed E-state index contributed by atoms with van der Waals surface area (Å²) in [5.41, 5.74) is 2.47. The molecule has 0 saturated carbocycles. The van der Waals surface area contributed by atoms with Gasteiger partial charge in [-0.25, -0.2) is 0 Å². The Balaban J connectivity index is 1.61. The minimum Gasteiger partial charge on any atom is -0.497 e. The van der Waals surface area contributed by atoms with Crippen LogP contribution in [0.3, 0.4) is 0 Å². The molecule has 0 bridgehead atoms. The predicted molar refractivity (Wildman–Crippen MR) is 91.3 cm³/mol. The average Bonchev–Trinajstić information content (AvgIpc) is 3.09. The molecule has 0 amide bonds.